The van der Waals surface area contributed by atoms with Gasteiger partial charge in [0.25, 0.3) is 5.91 Å². The van der Waals surface area contributed by atoms with Crippen molar-refractivity contribution in [3.8, 4) is 5.75 Å². The number of benzene rings is 3. The Morgan fingerprint density at radius 1 is 0.943 bits per heavy atom. The first-order valence-electron chi connectivity index (χ1n) is 12.7. The normalized spacial score (nSPS) is 17.4. The van der Waals surface area contributed by atoms with Crippen LogP contribution in [0.25, 0.3) is 0 Å². The number of fused-ring (bicyclic) bond motifs is 2. The highest BCUT2D eigenvalue weighted by molar-refractivity contribution is 6.07. The second-order valence-electron chi connectivity index (χ2n) is 11.1. The molecule has 0 atom stereocenters. The van der Waals surface area contributed by atoms with Gasteiger partial charge in [-0.05, 0) is 78.4 Å². The summed E-state index contributed by atoms with van der Waals surface area (Å²) in [5, 5.41) is 0. The van der Waals surface area contributed by atoms with Crippen LogP contribution >= 0.6 is 0 Å². The van der Waals surface area contributed by atoms with E-state index in [1.807, 2.05) is 23.1 Å². The van der Waals surface area contributed by atoms with E-state index >= 15 is 0 Å². The molecule has 3 aromatic rings. The highest BCUT2D eigenvalue weighted by atomic mass is 16.5. The molecule has 0 radical (unpaired) electrons. The summed E-state index contributed by atoms with van der Waals surface area (Å²) in [6.45, 7) is 10.3. The van der Waals surface area contributed by atoms with Gasteiger partial charge >= 0.3 is 0 Å². The molecule has 2 aliphatic heterocycles. The lowest BCUT2D eigenvalue weighted by atomic mass is 9.74. The summed E-state index contributed by atoms with van der Waals surface area (Å²) in [7, 11) is 1.71. The molecule has 0 aromatic heterocycles. The van der Waals surface area contributed by atoms with E-state index in [2.05, 4.69) is 80.3 Å². The molecule has 35 heavy (non-hydrogen) atoms. The van der Waals surface area contributed by atoms with E-state index in [-0.39, 0.29) is 16.7 Å². The second-order valence-corrected chi connectivity index (χ2v) is 11.1. The van der Waals surface area contributed by atoms with Crippen LogP contribution in [0, 0.1) is 0 Å². The first-order valence-corrected chi connectivity index (χ1v) is 12.7. The predicted molar refractivity (Wildman–Crippen MR) is 142 cm³/mol. The molecule has 2 heterocycles. The molecule has 2 aliphatic rings. The van der Waals surface area contributed by atoms with Crippen molar-refractivity contribution in [1.29, 1.82) is 0 Å². The summed E-state index contributed by atoms with van der Waals surface area (Å²) >= 11 is 0. The summed E-state index contributed by atoms with van der Waals surface area (Å²) in [6, 6.07) is 25.1. The number of methoxy groups -OCH3 is 1. The predicted octanol–water partition coefficient (Wildman–Crippen LogP) is 6.19. The number of rotatable bonds is 4. The molecule has 1 saturated heterocycles. The van der Waals surface area contributed by atoms with Crippen LogP contribution in [-0.4, -0.2) is 37.6 Å². The van der Waals surface area contributed by atoms with Gasteiger partial charge in [0.05, 0.1) is 7.11 Å². The number of likely N-dealkylation sites (tertiary alicyclic amines) is 1. The number of hydrogen-bond acceptors (Lipinski definition) is 3. The third kappa shape index (κ3) is 4.60. The fraction of sp³-hybridized carbons (Fsp3) is 0.387. The monoisotopic (exact) mass is 468 g/mol. The minimum atomic E-state index is -0.0297. The number of nitrogens with zero attached hydrogens (tertiary/aromatic N) is 2. The van der Waals surface area contributed by atoms with E-state index in [0.717, 1.165) is 56.0 Å². The van der Waals surface area contributed by atoms with Crippen LogP contribution in [0.2, 0.25) is 0 Å². The van der Waals surface area contributed by atoms with Crippen molar-refractivity contribution in [2.24, 2.45) is 0 Å². The molecule has 1 amide bonds. The minimum Gasteiger partial charge on any atom is -0.497 e. The summed E-state index contributed by atoms with van der Waals surface area (Å²) in [4.78, 5) is 18.3. The number of piperidine rings is 1. The average Bonchev–Trinajstić information content (AvgIpc) is 3.18. The lowest BCUT2D eigenvalue weighted by molar-refractivity contribution is 0.0975. The summed E-state index contributed by atoms with van der Waals surface area (Å²) in [6.07, 6.45) is 2.07. The van der Waals surface area contributed by atoms with Crippen molar-refractivity contribution in [1.82, 2.24) is 4.90 Å². The Labute approximate surface area is 209 Å². The Hall–Kier alpha value is -3.11. The molecule has 182 valence electrons. The van der Waals surface area contributed by atoms with Gasteiger partial charge in [-0.3, -0.25) is 9.69 Å². The Balaban J connectivity index is 1.40. The molecule has 0 bridgehead atoms. The van der Waals surface area contributed by atoms with Gasteiger partial charge in [-0.1, -0.05) is 63.2 Å². The molecule has 0 aliphatic carbocycles. The third-order valence-corrected chi connectivity index (χ3v) is 7.83. The van der Waals surface area contributed by atoms with Crippen LogP contribution in [-0.2, 0) is 17.4 Å². The molecule has 1 spiro atoms. The lowest BCUT2D eigenvalue weighted by Gasteiger charge is -2.40. The number of carbonyl (C=O) groups is 1. The zero-order valence-corrected chi connectivity index (χ0v) is 21.4. The van der Waals surface area contributed by atoms with E-state index in [4.69, 9.17) is 4.74 Å². The molecule has 4 nitrogen and oxygen atoms in total. The Morgan fingerprint density at radius 3 is 2.26 bits per heavy atom. The Kier molecular flexibility index (Phi) is 6.18. The number of anilines is 1. The van der Waals surface area contributed by atoms with Gasteiger partial charge in [0.1, 0.15) is 5.75 Å². The van der Waals surface area contributed by atoms with Crippen LogP contribution < -0.4 is 9.64 Å². The van der Waals surface area contributed by atoms with E-state index < -0.39 is 0 Å². The van der Waals surface area contributed by atoms with Crippen molar-refractivity contribution in [2.75, 3.05) is 31.6 Å². The van der Waals surface area contributed by atoms with Crippen molar-refractivity contribution >= 4 is 11.6 Å². The molecule has 4 heteroatoms. The average molecular weight is 469 g/mol. The Morgan fingerprint density at radius 2 is 1.63 bits per heavy atom. The van der Waals surface area contributed by atoms with Gasteiger partial charge in [-0.2, -0.15) is 0 Å². The topological polar surface area (TPSA) is 32.8 Å². The van der Waals surface area contributed by atoms with E-state index in [1.165, 1.54) is 16.7 Å². The third-order valence-electron chi connectivity index (χ3n) is 7.83. The first-order chi connectivity index (χ1) is 16.8. The molecule has 3 aromatic carbocycles. The van der Waals surface area contributed by atoms with Crippen molar-refractivity contribution < 1.29 is 9.53 Å². The van der Waals surface area contributed by atoms with Crippen molar-refractivity contribution in [2.45, 2.75) is 51.0 Å². The van der Waals surface area contributed by atoms with Crippen molar-refractivity contribution in [3.05, 3.63) is 95.1 Å². The highest BCUT2D eigenvalue weighted by Crippen LogP contribution is 2.48. The largest absolute Gasteiger partial charge is 0.497 e. The highest BCUT2D eigenvalue weighted by Gasteiger charge is 2.46. The maximum absolute atomic E-state index is 13.7. The lowest BCUT2D eigenvalue weighted by Crippen LogP contribution is -2.45. The van der Waals surface area contributed by atoms with E-state index in [0.29, 0.717) is 0 Å². The number of hydrogen-bond donors (Lipinski definition) is 0. The molecule has 5 rings (SSSR count). The molecule has 1 fully saturated rings. The van der Waals surface area contributed by atoms with Crippen LogP contribution in [0.15, 0.2) is 72.8 Å². The van der Waals surface area contributed by atoms with Gasteiger partial charge in [0.15, 0.2) is 0 Å². The van der Waals surface area contributed by atoms with Gasteiger partial charge in [-0.25, -0.2) is 0 Å². The maximum Gasteiger partial charge on any atom is 0.258 e. The fourth-order valence-electron chi connectivity index (χ4n) is 5.63. The smallest absolute Gasteiger partial charge is 0.258 e. The van der Waals surface area contributed by atoms with Gasteiger partial charge in [0.2, 0.25) is 0 Å². The SMILES string of the molecule is COc1ccc2c(c1)C1(CCN(Cc3ccccc3)CC1)CN2C(=O)c1ccc(C(C)(C)C)cc1. The van der Waals surface area contributed by atoms with Gasteiger partial charge in [-0.15, -0.1) is 0 Å². The molecule has 0 unspecified atom stereocenters. The molecular formula is C31H36N2O2. The number of amides is 1. The van der Waals surface area contributed by atoms with Gasteiger partial charge < -0.3 is 9.64 Å². The molecule has 0 N–H and O–H groups in total. The number of ether oxygens (including phenoxy) is 1. The van der Waals surface area contributed by atoms with Crippen LogP contribution in [0.1, 0.15) is 60.7 Å². The molecule has 0 saturated carbocycles. The summed E-state index contributed by atoms with van der Waals surface area (Å²) < 4.78 is 5.59. The molecular weight excluding hydrogens is 432 g/mol. The zero-order valence-electron chi connectivity index (χ0n) is 21.4. The Bertz CT molecular complexity index is 1190. The van der Waals surface area contributed by atoms with E-state index in [1.54, 1.807) is 7.11 Å². The van der Waals surface area contributed by atoms with Crippen LogP contribution in [0.3, 0.4) is 0 Å². The van der Waals surface area contributed by atoms with Crippen molar-refractivity contribution in [3.63, 3.8) is 0 Å². The number of carbonyl (C=O) groups excluding carboxylic acids is 1. The maximum atomic E-state index is 13.7. The first kappa shape index (κ1) is 23.6. The quantitative estimate of drug-likeness (QED) is 0.458. The van der Waals surface area contributed by atoms with E-state index in [9.17, 15) is 4.79 Å². The van der Waals surface area contributed by atoms with Gasteiger partial charge in [0, 0.05) is 29.8 Å². The summed E-state index contributed by atoms with van der Waals surface area (Å²) in [5.74, 6) is 0.944. The fourth-order valence-corrected chi connectivity index (χ4v) is 5.63. The minimum absolute atomic E-state index is 0.0297. The second kappa shape index (κ2) is 9.16. The summed E-state index contributed by atoms with van der Waals surface area (Å²) in [5.41, 5.74) is 5.67. The standard InChI is InChI=1S/C31H36N2O2/c1-30(2,3)25-12-10-24(11-13-25)29(34)33-22-31(27-20-26(35-4)14-15-28(27)33)16-18-32(19-17-31)21-23-8-6-5-7-9-23/h5-15,20H,16-19,21-22H2,1-4H3. The zero-order chi connectivity index (χ0) is 24.6. The van der Waals surface area contributed by atoms with Crippen LogP contribution in [0.4, 0.5) is 5.69 Å². The van der Waals surface area contributed by atoms with Crippen LogP contribution in [0.5, 0.6) is 5.75 Å².